The van der Waals surface area contributed by atoms with Gasteiger partial charge in [0.1, 0.15) is 57.7 Å². The van der Waals surface area contributed by atoms with E-state index < -0.39 is 16.8 Å². The van der Waals surface area contributed by atoms with E-state index in [9.17, 15) is 9.47 Å². The van der Waals surface area contributed by atoms with Crippen molar-refractivity contribution in [2.75, 3.05) is 10.5 Å². The van der Waals surface area contributed by atoms with Crippen molar-refractivity contribution >= 4 is 45.1 Å². The molecule has 1 fully saturated rings. The predicted molar refractivity (Wildman–Crippen MR) is 158 cm³/mol. The smallest absolute Gasteiger partial charge is 0.150 e. The number of fused-ring (bicyclic) bond motifs is 1. The van der Waals surface area contributed by atoms with Gasteiger partial charge in [-0.3, -0.25) is 4.72 Å². The minimum atomic E-state index is -1.75. The van der Waals surface area contributed by atoms with Crippen molar-refractivity contribution in [2.24, 2.45) is 0 Å². The number of ether oxygens (including phenoxy) is 1. The Labute approximate surface area is 243 Å². The summed E-state index contributed by atoms with van der Waals surface area (Å²) in [5, 5.41) is 10.3. The fourth-order valence-corrected chi connectivity index (χ4v) is 6.24. The number of aromatic nitrogens is 3. The van der Waals surface area contributed by atoms with Crippen molar-refractivity contribution in [3.8, 4) is 28.7 Å². The van der Waals surface area contributed by atoms with Gasteiger partial charge in [-0.2, -0.15) is 5.26 Å². The van der Waals surface area contributed by atoms with E-state index in [4.69, 9.17) is 22.1 Å². The lowest BCUT2D eigenvalue weighted by molar-refractivity contribution is 0.480. The maximum absolute atomic E-state index is 15.3. The summed E-state index contributed by atoms with van der Waals surface area (Å²) in [6.45, 7) is 0. The molecule has 5 aromatic rings. The van der Waals surface area contributed by atoms with Crippen LogP contribution < -0.4 is 15.2 Å². The number of nitrogen functional groups attached to an aromatic ring is 1. The van der Waals surface area contributed by atoms with Crippen LogP contribution in [0.5, 0.6) is 11.5 Å². The molecule has 0 radical (unpaired) electrons. The van der Waals surface area contributed by atoms with E-state index in [-0.39, 0.29) is 16.3 Å². The molecule has 6 rings (SSSR count). The van der Waals surface area contributed by atoms with Gasteiger partial charge in [-0.15, -0.1) is 0 Å². The number of anilines is 2. The number of nitrogens with one attached hydrogen (secondary N) is 1. The van der Waals surface area contributed by atoms with Gasteiger partial charge in [-0.05, 0) is 66.9 Å². The lowest BCUT2D eigenvalue weighted by Crippen LogP contribution is -2.06. The second-order valence-electron chi connectivity index (χ2n) is 9.71. The van der Waals surface area contributed by atoms with Gasteiger partial charge >= 0.3 is 0 Å². The zero-order chi connectivity index (χ0) is 28.5. The summed E-state index contributed by atoms with van der Waals surface area (Å²) >= 11 is 6.06. The fraction of sp³-hybridized carbons (Fsp3) is 0.167. The highest BCUT2D eigenvalue weighted by Gasteiger charge is 2.23. The first-order valence-corrected chi connectivity index (χ1v) is 14.5. The molecule has 0 bridgehead atoms. The lowest BCUT2D eigenvalue weighted by atomic mass is 10.1. The number of halogens is 2. The Morgan fingerprint density at radius 2 is 1.90 bits per heavy atom. The molecule has 1 aliphatic rings. The third-order valence-electron chi connectivity index (χ3n) is 7.19. The van der Waals surface area contributed by atoms with Crippen LogP contribution in [0.3, 0.4) is 0 Å². The number of nitrogens with zero attached hydrogens (tertiary/aromatic N) is 4. The molecule has 0 saturated heterocycles. The van der Waals surface area contributed by atoms with E-state index >= 15 is 4.39 Å². The van der Waals surface area contributed by atoms with Crippen LogP contribution in [-0.4, -0.2) is 18.7 Å². The Hall–Kier alpha value is -4.46. The SMILES string of the molecule is N#Cc1c(Cl)cccc1Oc1ccc(S(=O)Nc2ccc(-c3cn(C4CCCC4)c4ncnc(N)c34)cc2F)cc1. The van der Waals surface area contributed by atoms with E-state index in [1.807, 2.05) is 12.3 Å². The van der Waals surface area contributed by atoms with Gasteiger partial charge in [-0.1, -0.05) is 36.6 Å². The van der Waals surface area contributed by atoms with E-state index in [0.717, 1.165) is 36.9 Å². The molecule has 11 heteroatoms. The second-order valence-corrected chi connectivity index (χ2v) is 11.3. The van der Waals surface area contributed by atoms with Crippen LogP contribution in [0, 0.1) is 17.1 Å². The fourth-order valence-electron chi connectivity index (χ4n) is 5.17. The first-order chi connectivity index (χ1) is 19.9. The van der Waals surface area contributed by atoms with E-state index in [2.05, 4.69) is 19.3 Å². The molecule has 0 aliphatic heterocycles. The molecular weight excluding hydrogens is 563 g/mol. The van der Waals surface area contributed by atoms with E-state index in [1.54, 1.807) is 54.6 Å². The van der Waals surface area contributed by atoms with Crippen LogP contribution >= 0.6 is 11.6 Å². The molecule has 8 nitrogen and oxygen atoms in total. The monoisotopic (exact) mass is 586 g/mol. The third-order valence-corrected chi connectivity index (χ3v) is 8.61. The van der Waals surface area contributed by atoms with Crippen molar-refractivity contribution in [1.82, 2.24) is 14.5 Å². The Bertz CT molecular complexity index is 1830. The second kappa shape index (κ2) is 11.2. The summed E-state index contributed by atoms with van der Waals surface area (Å²) in [5.41, 5.74) is 8.68. The summed E-state index contributed by atoms with van der Waals surface area (Å²) < 4.78 is 39.0. The summed E-state index contributed by atoms with van der Waals surface area (Å²) in [6, 6.07) is 18.4. The lowest BCUT2D eigenvalue weighted by Gasteiger charge is -2.12. The molecule has 1 aliphatic carbocycles. The molecule has 2 aromatic heterocycles. The molecular formula is C30H24ClFN6O2S. The summed E-state index contributed by atoms with van der Waals surface area (Å²) in [5.74, 6) is 0.531. The van der Waals surface area contributed by atoms with Gasteiger partial charge in [0.05, 0.1) is 21.0 Å². The molecule has 206 valence electrons. The van der Waals surface area contributed by atoms with E-state index in [1.165, 1.54) is 12.4 Å². The molecule has 41 heavy (non-hydrogen) atoms. The molecule has 1 atom stereocenters. The van der Waals surface area contributed by atoms with Crippen molar-refractivity contribution in [3.63, 3.8) is 0 Å². The average molecular weight is 587 g/mol. The van der Waals surface area contributed by atoms with Crippen molar-refractivity contribution in [3.05, 3.63) is 89.6 Å². The largest absolute Gasteiger partial charge is 0.456 e. The third kappa shape index (κ3) is 5.22. The van der Waals surface area contributed by atoms with Gasteiger partial charge < -0.3 is 15.0 Å². The summed E-state index contributed by atoms with van der Waals surface area (Å²) in [7, 11) is -1.75. The minimum absolute atomic E-state index is 0.0914. The minimum Gasteiger partial charge on any atom is -0.456 e. The van der Waals surface area contributed by atoms with Gasteiger partial charge in [0.15, 0.2) is 0 Å². The Kier molecular flexibility index (Phi) is 7.30. The number of rotatable bonds is 7. The number of nitriles is 1. The van der Waals surface area contributed by atoms with Crippen LogP contribution in [-0.2, 0) is 11.0 Å². The first kappa shape index (κ1) is 26.7. The molecule has 0 spiro atoms. The quantitative estimate of drug-likeness (QED) is 0.205. The molecule has 3 N–H and O–H groups in total. The van der Waals surface area contributed by atoms with Crippen molar-refractivity contribution < 1.29 is 13.3 Å². The highest BCUT2D eigenvalue weighted by molar-refractivity contribution is 7.86. The number of hydrogen-bond acceptors (Lipinski definition) is 6. The van der Waals surface area contributed by atoms with Crippen LogP contribution in [0.2, 0.25) is 5.02 Å². The van der Waals surface area contributed by atoms with E-state index in [0.29, 0.717) is 39.2 Å². The molecule has 2 heterocycles. The van der Waals surface area contributed by atoms with Crippen molar-refractivity contribution in [1.29, 1.82) is 5.26 Å². The van der Waals surface area contributed by atoms with Crippen molar-refractivity contribution in [2.45, 2.75) is 36.6 Å². The van der Waals surface area contributed by atoms with Crippen LogP contribution in [0.25, 0.3) is 22.2 Å². The average Bonchev–Trinajstić information content (AvgIpc) is 3.64. The molecule has 1 saturated carbocycles. The first-order valence-electron chi connectivity index (χ1n) is 13.0. The van der Waals surface area contributed by atoms with Gasteiger partial charge in [0.2, 0.25) is 0 Å². The Balaban J connectivity index is 1.22. The number of nitrogens with two attached hydrogens (primary N) is 1. The number of benzene rings is 3. The normalized spacial score (nSPS) is 14.2. The standard InChI is InChI=1S/C30H24ClFN6O2S/c31-24-6-3-7-27(22(24)15-33)40-20-9-11-21(12-10-20)41(39)37-26-13-8-18(14-25(26)32)23-16-38(19-4-1-2-5-19)30-28(23)29(34)35-17-36-30/h3,6-14,16-17,19,37H,1-2,4-5H2,(H2,34,35,36). The van der Waals surface area contributed by atoms with Crippen LogP contribution in [0.15, 0.2) is 78.1 Å². The molecule has 1 unspecified atom stereocenters. The maximum Gasteiger partial charge on any atom is 0.150 e. The molecule has 0 amide bonds. The van der Waals surface area contributed by atoms with Crippen LogP contribution in [0.1, 0.15) is 37.3 Å². The van der Waals surface area contributed by atoms with Gasteiger partial charge in [-0.25, -0.2) is 18.6 Å². The predicted octanol–water partition coefficient (Wildman–Crippen LogP) is 7.39. The maximum atomic E-state index is 15.3. The highest BCUT2D eigenvalue weighted by atomic mass is 35.5. The Morgan fingerprint density at radius 3 is 2.63 bits per heavy atom. The summed E-state index contributed by atoms with van der Waals surface area (Å²) in [4.78, 5) is 9.06. The molecule has 3 aromatic carbocycles. The highest BCUT2D eigenvalue weighted by Crippen LogP contribution is 2.39. The zero-order valence-electron chi connectivity index (χ0n) is 21.7. The topological polar surface area (TPSA) is 119 Å². The van der Waals surface area contributed by atoms with Gasteiger partial charge in [0.25, 0.3) is 0 Å². The van der Waals surface area contributed by atoms with Crippen LogP contribution in [0.4, 0.5) is 15.9 Å². The Morgan fingerprint density at radius 1 is 1.12 bits per heavy atom. The summed E-state index contributed by atoms with van der Waals surface area (Å²) in [6.07, 6.45) is 7.88. The van der Waals surface area contributed by atoms with Gasteiger partial charge in [0, 0.05) is 17.8 Å². The number of hydrogen-bond donors (Lipinski definition) is 2. The zero-order valence-corrected chi connectivity index (χ0v) is 23.3.